The molecule has 2 aromatic rings. The number of alkyl halides is 2. The SMILES string of the molecule is COc1ccc(CCNC(=O)CN2C(=O)COc3ccc([N+](=O)[O-])cc32)cc1OC(F)F. The predicted molar refractivity (Wildman–Crippen MR) is 107 cm³/mol. The van der Waals surface area contributed by atoms with Gasteiger partial charge >= 0.3 is 6.61 Å². The van der Waals surface area contributed by atoms with Gasteiger partial charge in [-0.05, 0) is 30.2 Å². The Balaban J connectivity index is 1.62. The van der Waals surface area contributed by atoms with Gasteiger partial charge in [0.05, 0.1) is 17.7 Å². The lowest BCUT2D eigenvalue weighted by Gasteiger charge is -2.28. The average Bonchev–Trinajstić information content (AvgIpc) is 2.75. The Hall–Kier alpha value is -3.96. The summed E-state index contributed by atoms with van der Waals surface area (Å²) in [6.45, 7) is -3.52. The highest BCUT2D eigenvalue weighted by Gasteiger charge is 2.29. The molecule has 2 aromatic carbocycles. The molecule has 12 heteroatoms. The number of nitro groups is 1. The molecular weight excluding hydrogens is 432 g/mol. The molecule has 0 saturated carbocycles. The molecule has 0 spiro atoms. The number of hydrogen-bond donors (Lipinski definition) is 1. The van der Waals surface area contributed by atoms with Crippen molar-refractivity contribution in [1.29, 1.82) is 0 Å². The van der Waals surface area contributed by atoms with Gasteiger partial charge in [-0.2, -0.15) is 8.78 Å². The number of carbonyl (C=O) groups is 2. The number of carbonyl (C=O) groups excluding carboxylic acids is 2. The quantitative estimate of drug-likeness (QED) is 0.459. The first kappa shape index (κ1) is 22.7. The highest BCUT2D eigenvalue weighted by atomic mass is 19.3. The summed E-state index contributed by atoms with van der Waals surface area (Å²) in [4.78, 5) is 36.1. The number of halogens is 2. The number of ether oxygens (including phenoxy) is 3. The number of fused-ring (bicyclic) bond motifs is 1. The van der Waals surface area contributed by atoms with Gasteiger partial charge < -0.3 is 19.5 Å². The third kappa shape index (κ3) is 5.39. The molecule has 0 saturated heterocycles. The number of nitrogens with one attached hydrogen (secondary N) is 1. The fourth-order valence-corrected chi connectivity index (χ4v) is 3.09. The number of amides is 2. The summed E-state index contributed by atoms with van der Waals surface area (Å²) in [5.41, 5.74) is 0.508. The minimum atomic E-state index is -3.01. The zero-order chi connectivity index (χ0) is 23.3. The van der Waals surface area contributed by atoms with E-state index in [-0.39, 0.29) is 48.3 Å². The van der Waals surface area contributed by atoms with Crippen molar-refractivity contribution in [2.24, 2.45) is 0 Å². The second-order valence-corrected chi connectivity index (χ2v) is 6.64. The molecule has 0 atom stereocenters. The van der Waals surface area contributed by atoms with E-state index in [4.69, 9.17) is 9.47 Å². The molecular formula is C20H19F2N3O7. The molecule has 0 fully saturated rings. The van der Waals surface area contributed by atoms with Crippen molar-refractivity contribution in [3.05, 3.63) is 52.1 Å². The summed E-state index contributed by atoms with van der Waals surface area (Å²) in [6.07, 6.45) is 0.300. The molecule has 1 heterocycles. The van der Waals surface area contributed by atoms with Crippen LogP contribution in [-0.2, 0) is 16.0 Å². The zero-order valence-corrected chi connectivity index (χ0v) is 16.9. The summed E-state index contributed by atoms with van der Waals surface area (Å²) in [5, 5.41) is 13.6. The summed E-state index contributed by atoms with van der Waals surface area (Å²) >= 11 is 0. The number of nitro benzene ring substituents is 1. The molecule has 0 bridgehead atoms. The standard InChI is InChI=1S/C20H19F2N3O7/c1-30-16-4-2-12(8-17(16)32-20(21)22)6-7-23-18(26)10-24-14-9-13(25(28)29)3-5-15(14)31-11-19(24)27/h2-5,8-9,20H,6-7,10-11H2,1H3,(H,23,26). The highest BCUT2D eigenvalue weighted by Crippen LogP contribution is 2.35. The fraction of sp³-hybridized carbons (Fsp3) is 0.300. The minimum absolute atomic E-state index is 0.122. The van der Waals surface area contributed by atoms with E-state index in [0.29, 0.717) is 12.0 Å². The van der Waals surface area contributed by atoms with E-state index < -0.39 is 23.3 Å². The van der Waals surface area contributed by atoms with Gasteiger partial charge in [0.1, 0.15) is 12.3 Å². The van der Waals surface area contributed by atoms with Crippen LogP contribution in [0.5, 0.6) is 17.2 Å². The Labute approximate surface area is 180 Å². The van der Waals surface area contributed by atoms with E-state index in [1.807, 2.05) is 0 Å². The van der Waals surface area contributed by atoms with Gasteiger partial charge in [0, 0.05) is 18.7 Å². The van der Waals surface area contributed by atoms with Gasteiger partial charge in [0.15, 0.2) is 18.1 Å². The lowest BCUT2D eigenvalue weighted by atomic mass is 10.1. The summed E-state index contributed by atoms with van der Waals surface area (Å²) in [7, 11) is 1.33. The summed E-state index contributed by atoms with van der Waals surface area (Å²) in [5.74, 6) is -0.736. The van der Waals surface area contributed by atoms with E-state index in [0.717, 1.165) is 4.90 Å². The third-order valence-corrected chi connectivity index (χ3v) is 4.58. The van der Waals surface area contributed by atoms with E-state index in [1.54, 1.807) is 6.07 Å². The second kappa shape index (κ2) is 9.90. The Kier molecular flexibility index (Phi) is 7.03. The number of methoxy groups -OCH3 is 1. The smallest absolute Gasteiger partial charge is 0.387 e. The van der Waals surface area contributed by atoms with Crippen LogP contribution < -0.4 is 24.4 Å². The maximum atomic E-state index is 12.5. The lowest BCUT2D eigenvalue weighted by molar-refractivity contribution is -0.384. The fourth-order valence-electron chi connectivity index (χ4n) is 3.09. The van der Waals surface area contributed by atoms with Crippen LogP contribution >= 0.6 is 0 Å². The van der Waals surface area contributed by atoms with Gasteiger partial charge in [-0.1, -0.05) is 6.07 Å². The van der Waals surface area contributed by atoms with Crippen LogP contribution in [0, 0.1) is 10.1 Å². The van der Waals surface area contributed by atoms with E-state index in [9.17, 15) is 28.5 Å². The Bertz CT molecular complexity index is 1030. The number of rotatable bonds is 9. The second-order valence-electron chi connectivity index (χ2n) is 6.64. The number of nitrogens with zero attached hydrogens (tertiary/aromatic N) is 2. The van der Waals surface area contributed by atoms with Crippen molar-refractivity contribution in [3.8, 4) is 17.2 Å². The van der Waals surface area contributed by atoms with Crippen LogP contribution in [0.3, 0.4) is 0 Å². The van der Waals surface area contributed by atoms with Crippen molar-refractivity contribution in [2.75, 3.05) is 31.7 Å². The van der Waals surface area contributed by atoms with Gasteiger partial charge in [-0.3, -0.25) is 24.6 Å². The molecule has 170 valence electrons. The molecule has 32 heavy (non-hydrogen) atoms. The molecule has 1 aliphatic heterocycles. The number of hydrogen-bond acceptors (Lipinski definition) is 7. The van der Waals surface area contributed by atoms with E-state index in [2.05, 4.69) is 10.1 Å². The number of anilines is 1. The normalized spacial score (nSPS) is 12.8. The maximum Gasteiger partial charge on any atom is 0.387 e. The zero-order valence-electron chi connectivity index (χ0n) is 16.9. The van der Waals surface area contributed by atoms with Crippen LogP contribution in [0.15, 0.2) is 36.4 Å². The van der Waals surface area contributed by atoms with Gasteiger partial charge in [0.25, 0.3) is 11.6 Å². The molecule has 10 nitrogen and oxygen atoms in total. The van der Waals surface area contributed by atoms with Gasteiger partial charge in [0.2, 0.25) is 5.91 Å². The summed E-state index contributed by atoms with van der Waals surface area (Å²) < 4.78 is 39.7. The molecule has 1 N–H and O–H groups in total. The van der Waals surface area contributed by atoms with Crippen molar-refractivity contribution in [1.82, 2.24) is 5.32 Å². The molecule has 0 unspecified atom stereocenters. The van der Waals surface area contributed by atoms with Crippen LogP contribution in [0.4, 0.5) is 20.2 Å². The van der Waals surface area contributed by atoms with Gasteiger partial charge in [-0.15, -0.1) is 0 Å². The lowest BCUT2D eigenvalue weighted by Crippen LogP contribution is -2.45. The Morgan fingerprint density at radius 2 is 2.06 bits per heavy atom. The molecule has 3 rings (SSSR count). The van der Waals surface area contributed by atoms with Crippen molar-refractivity contribution in [3.63, 3.8) is 0 Å². The van der Waals surface area contributed by atoms with Crippen LogP contribution in [0.25, 0.3) is 0 Å². The van der Waals surface area contributed by atoms with Crippen LogP contribution in [0.1, 0.15) is 5.56 Å². The molecule has 2 amide bonds. The van der Waals surface area contributed by atoms with Crippen molar-refractivity contribution < 1.29 is 37.5 Å². The Morgan fingerprint density at radius 3 is 2.75 bits per heavy atom. The molecule has 0 radical (unpaired) electrons. The first-order chi connectivity index (χ1) is 15.3. The molecule has 1 aliphatic rings. The third-order valence-electron chi connectivity index (χ3n) is 4.58. The van der Waals surface area contributed by atoms with Crippen molar-refractivity contribution in [2.45, 2.75) is 13.0 Å². The highest BCUT2D eigenvalue weighted by molar-refractivity contribution is 6.02. The average molecular weight is 451 g/mol. The van der Waals surface area contributed by atoms with Crippen LogP contribution in [-0.4, -0.2) is 50.2 Å². The van der Waals surface area contributed by atoms with Crippen LogP contribution in [0.2, 0.25) is 0 Å². The van der Waals surface area contributed by atoms with Gasteiger partial charge in [-0.25, -0.2) is 0 Å². The number of benzene rings is 2. The number of non-ortho nitro benzene ring substituents is 1. The van der Waals surface area contributed by atoms with Crippen molar-refractivity contribution >= 4 is 23.2 Å². The molecule has 0 aromatic heterocycles. The predicted octanol–water partition coefficient (Wildman–Crippen LogP) is 2.29. The van der Waals surface area contributed by atoms with E-state index >= 15 is 0 Å². The first-order valence-electron chi connectivity index (χ1n) is 9.38. The first-order valence-corrected chi connectivity index (χ1v) is 9.38. The monoisotopic (exact) mass is 451 g/mol. The summed E-state index contributed by atoms with van der Waals surface area (Å²) in [6, 6.07) is 8.29. The van der Waals surface area contributed by atoms with E-state index in [1.165, 1.54) is 37.4 Å². The topological polar surface area (TPSA) is 120 Å². The Morgan fingerprint density at radius 1 is 1.28 bits per heavy atom. The largest absolute Gasteiger partial charge is 0.493 e. The minimum Gasteiger partial charge on any atom is -0.493 e. The maximum absolute atomic E-state index is 12.5. The molecule has 0 aliphatic carbocycles.